The maximum atomic E-state index is 13.2. The van der Waals surface area contributed by atoms with Gasteiger partial charge in [0.05, 0.1) is 0 Å². The van der Waals surface area contributed by atoms with Gasteiger partial charge < -0.3 is 5.73 Å². The lowest BCUT2D eigenvalue weighted by molar-refractivity contribution is 0.308. The van der Waals surface area contributed by atoms with Gasteiger partial charge in [-0.3, -0.25) is 0 Å². The summed E-state index contributed by atoms with van der Waals surface area (Å²) in [6, 6.07) is 5.35. The predicted molar refractivity (Wildman–Crippen MR) is 64.6 cm³/mol. The van der Waals surface area contributed by atoms with Gasteiger partial charge in [-0.15, -0.1) is 0 Å². The molecule has 2 N–H and O–H groups in total. The molecule has 2 rings (SSSR count). The minimum Gasteiger partial charge on any atom is -0.324 e. The van der Waals surface area contributed by atoms with E-state index in [4.69, 9.17) is 5.73 Å². The highest BCUT2D eigenvalue weighted by Gasteiger charge is 2.21. The molecule has 1 aromatic rings. The van der Waals surface area contributed by atoms with Gasteiger partial charge >= 0.3 is 0 Å². The van der Waals surface area contributed by atoms with Gasteiger partial charge in [-0.25, -0.2) is 4.39 Å². The van der Waals surface area contributed by atoms with E-state index < -0.39 is 0 Å². The average Bonchev–Trinajstić information content (AvgIpc) is 2.33. The zero-order valence-corrected chi connectivity index (χ0v) is 9.88. The molecule has 1 fully saturated rings. The molecule has 1 aliphatic carbocycles. The van der Waals surface area contributed by atoms with Crippen LogP contribution in [0.3, 0.4) is 0 Å². The summed E-state index contributed by atoms with van der Waals surface area (Å²) < 4.78 is 13.2. The van der Waals surface area contributed by atoms with E-state index in [2.05, 4.69) is 0 Å². The molecule has 0 bridgehead atoms. The van der Waals surface area contributed by atoms with Gasteiger partial charge in [-0.2, -0.15) is 0 Å². The Morgan fingerprint density at radius 3 is 2.56 bits per heavy atom. The van der Waals surface area contributed by atoms with Crippen LogP contribution in [0.15, 0.2) is 18.2 Å². The van der Waals surface area contributed by atoms with Gasteiger partial charge in [0, 0.05) is 6.04 Å². The van der Waals surface area contributed by atoms with Crippen LogP contribution in [0.2, 0.25) is 0 Å². The summed E-state index contributed by atoms with van der Waals surface area (Å²) in [6.45, 7) is 1.80. The largest absolute Gasteiger partial charge is 0.324 e. The molecule has 1 nitrogen and oxygen atoms in total. The van der Waals surface area contributed by atoms with Crippen molar-refractivity contribution in [3.05, 3.63) is 35.1 Å². The molecular weight excluding hydrogens is 201 g/mol. The van der Waals surface area contributed by atoms with Crippen LogP contribution in [0, 0.1) is 18.7 Å². The van der Waals surface area contributed by atoms with Gasteiger partial charge in [0.15, 0.2) is 0 Å². The van der Waals surface area contributed by atoms with E-state index in [0.29, 0.717) is 11.5 Å². The molecule has 88 valence electrons. The number of aryl methyl sites for hydroxylation is 1. The van der Waals surface area contributed by atoms with E-state index in [1.165, 1.54) is 38.2 Å². The molecule has 0 spiro atoms. The molecular formula is C14H20FN. The summed E-state index contributed by atoms with van der Waals surface area (Å²) in [6.07, 6.45) is 6.36. The van der Waals surface area contributed by atoms with E-state index in [1.54, 1.807) is 6.92 Å². The lowest BCUT2D eigenvalue weighted by Gasteiger charge is -2.28. The molecule has 1 atom stereocenters. The van der Waals surface area contributed by atoms with E-state index in [9.17, 15) is 4.39 Å². The van der Waals surface area contributed by atoms with Crippen LogP contribution in [0.25, 0.3) is 0 Å². The van der Waals surface area contributed by atoms with Gasteiger partial charge in [-0.05, 0) is 42.9 Å². The molecule has 0 aromatic heterocycles. The highest BCUT2D eigenvalue weighted by Crippen LogP contribution is 2.33. The Hall–Kier alpha value is -0.890. The summed E-state index contributed by atoms with van der Waals surface area (Å²) >= 11 is 0. The van der Waals surface area contributed by atoms with Crippen molar-refractivity contribution in [1.82, 2.24) is 0 Å². The second kappa shape index (κ2) is 4.96. The van der Waals surface area contributed by atoms with Crippen molar-refractivity contribution in [2.45, 2.75) is 45.1 Å². The van der Waals surface area contributed by atoms with Crippen LogP contribution in [0.4, 0.5) is 4.39 Å². The Balaban J connectivity index is 2.12. The minimum absolute atomic E-state index is 0.0830. The lowest BCUT2D eigenvalue weighted by Crippen LogP contribution is -2.23. The Morgan fingerprint density at radius 2 is 1.94 bits per heavy atom. The minimum atomic E-state index is -0.139. The lowest BCUT2D eigenvalue weighted by atomic mass is 9.81. The van der Waals surface area contributed by atoms with Gasteiger partial charge in [0.25, 0.3) is 0 Å². The van der Waals surface area contributed by atoms with Gasteiger partial charge in [-0.1, -0.05) is 31.4 Å². The molecule has 1 saturated carbocycles. The van der Waals surface area contributed by atoms with Gasteiger partial charge in [0.1, 0.15) is 5.82 Å². The Morgan fingerprint density at radius 1 is 1.25 bits per heavy atom. The smallest absolute Gasteiger partial charge is 0.126 e. The third-order valence-electron chi connectivity index (χ3n) is 3.72. The molecule has 0 amide bonds. The molecule has 2 heteroatoms. The standard InChI is InChI=1S/C14H20FN/c1-10-9-12(7-8-13(10)15)14(16)11-5-3-2-4-6-11/h7-9,11,14H,2-6,16H2,1H3. The van der Waals surface area contributed by atoms with Crippen LogP contribution in [0.1, 0.15) is 49.3 Å². The average molecular weight is 221 g/mol. The van der Waals surface area contributed by atoms with E-state index >= 15 is 0 Å². The third kappa shape index (κ3) is 2.43. The van der Waals surface area contributed by atoms with Gasteiger partial charge in [0.2, 0.25) is 0 Å². The van der Waals surface area contributed by atoms with Crippen molar-refractivity contribution in [2.24, 2.45) is 11.7 Å². The first-order valence-corrected chi connectivity index (χ1v) is 6.20. The Bertz CT molecular complexity index is 356. The van der Waals surface area contributed by atoms with Crippen LogP contribution >= 0.6 is 0 Å². The second-order valence-corrected chi connectivity index (χ2v) is 4.93. The maximum absolute atomic E-state index is 13.2. The highest BCUT2D eigenvalue weighted by molar-refractivity contribution is 5.26. The van der Waals surface area contributed by atoms with Crippen molar-refractivity contribution in [3.8, 4) is 0 Å². The molecule has 16 heavy (non-hydrogen) atoms. The first-order chi connectivity index (χ1) is 7.68. The quantitative estimate of drug-likeness (QED) is 0.809. The number of benzene rings is 1. The monoisotopic (exact) mass is 221 g/mol. The van der Waals surface area contributed by atoms with Crippen LogP contribution < -0.4 is 5.73 Å². The van der Waals surface area contributed by atoms with Crippen molar-refractivity contribution in [3.63, 3.8) is 0 Å². The molecule has 1 unspecified atom stereocenters. The predicted octanol–water partition coefficient (Wildman–Crippen LogP) is 3.71. The molecule has 0 saturated heterocycles. The summed E-state index contributed by atoms with van der Waals surface area (Å²) in [5.74, 6) is 0.443. The van der Waals surface area contributed by atoms with Crippen LogP contribution in [-0.4, -0.2) is 0 Å². The van der Waals surface area contributed by atoms with Crippen molar-refractivity contribution in [1.29, 1.82) is 0 Å². The zero-order chi connectivity index (χ0) is 11.5. The second-order valence-electron chi connectivity index (χ2n) is 4.93. The topological polar surface area (TPSA) is 26.0 Å². The summed E-state index contributed by atoms with van der Waals surface area (Å²) in [7, 11) is 0. The third-order valence-corrected chi connectivity index (χ3v) is 3.72. The summed E-state index contributed by atoms with van der Waals surface area (Å²) in [5.41, 5.74) is 8.05. The SMILES string of the molecule is Cc1cc(C(N)C2CCCCC2)ccc1F. The highest BCUT2D eigenvalue weighted by atomic mass is 19.1. The number of nitrogens with two attached hydrogens (primary N) is 1. The van der Waals surface area contributed by atoms with Crippen molar-refractivity contribution in [2.75, 3.05) is 0 Å². The normalized spacial score (nSPS) is 19.7. The Kier molecular flexibility index (Phi) is 3.59. The number of hydrogen-bond donors (Lipinski definition) is 1. The number of halogens is 1. The fourth-order valence-electron chi connectivity index (χ4n) is 2.64. The maximum Gasteiger partial charge on any atom is 0.126 e. The van der Waals surface area contributed by atoms with E-state index in [-0.39, 0.29) is 11.9 Å². The van der Waals surface area contributed by atoms with Crippen LogP contribution in [-0.2, 0) is 0 Å². The van der Waals surface area contributed by atoms with E-state index in [1.807, 2.05) is 12.1 Å². The molecule has 1 aliphatic rings. The van der Waals surface area contributed by atoms with E-state index in [0.717, 1.165) is 5.56 Å². The Labute approximate surface area is 96.9 Å². The molecule has 0 aliphatic heterocycles. The van der Waals surface area contributed by atoms with Crippen molar-refractivity contribution >= 4 is 0 Å². The fourth-order valence-corrected chi connectivity index (χ4v) is 2.64. The first kappa shape index (κ1) is 11.6. The van der Waals surface area contributed by atoms with Crippen LogP contribution in [0.5, 0.6) is 0 Å². The summed E-state index contributed by atoms with van der Waals surface area (Å²) in [4.78, 5) is 0. The molecule has 0 radical (unpaired) electrons. The fraction of sp³-hybridized carbons (Fsp3) is 0.571. The summed E-state index contributed by atoms with van der Waals surface area (Å²) in [5, 5.41) is 0. The first-order valence-electron chi connectivity index (χ1n) is 6.20. The number of rotatable bonds is 2. The number of hydrogen-bond acceptors (Lipinski definition) is 1. The molecule has 1 aromatic carbocycles. The zero-order valence-electron chi connectivity index (χ0n) is 9.88. The molecule has 0 heterocycles. The van der Waals surface area contributed by atoms with Crippen molar-refractivity contribution < 1.29 is 4.39 Å².